The Bertz CT molecular complexity index is 751. The second-order valence-electron chi connectivity index (χ2n) is 6.89. The maximum atomic E-state index is 12.9. The third-order valence-electron chi connectivity index (χ3n) is 4.83. The van der Waals surface area contributed by atoms with Gasteiger partial charge in [-0.15, -0.1) is 0 Å². The van der Waals surface area contributed by atoms with Gasteiger partial charge in [-0.05, 0) is 37.7 Å². The zero-order valence-corrected chi connectivity index (χ0v) is 17.2. The molecule has 0 spiro atoms. The van der Waals surface area contributed by atoms with Crippen LogP contribution in [0.5, 0.6) is 5.75 Å². The third kappa shape index (κ3) is 4.89. The van der Waals surface area contributed by atoms with E-state index in [0.29, 0.717) is 23.6 Å². The van der Waals surface area contributed by atoms with Crippen molar-refractivity contribution >= 4 is 5.91 Å². The molecule has 1 amide bonds. The molecule has 1 heterocycles. The van der Waals surface area contributed by atoms with Crippen LogP contribution in [0, 0.1) is 6.92 Å². The van der Waals surface area contributed by atoms with Crippen molar-refractivity contribution in [3.05, 3.63) is 46.8 Å². The molecule has 0 aliphatic carbocycles. The normalized spacial score (nSPS) is 12.4. The summed E-state index contributed by atoms with van der Waals surface area (Å²) >= 11 is 0. The van der Waals surface area contributed by atoms with E-state index in [1.54, 1.807) is 14.0 Å². The van der Waals surface area contributed by atoms with Crippen LogP contribution in [-0.4, -0.2) is 42.7 Å². The number of carbonyl (C=O) groups is 1. The molecule has 148 valence electrons. The Labute approximate surface area is 161 Å². The van der Waals surface area contributed by atoms with Crippen LogP contribution < -0.4 is 10.1 Å². The second-order valence-corrected chi connectivity index (χ2v) is 6.89. The molecule has 1 N–H and O–H groups in total. The molecule has 0 saturated heterocycles. The highest BCUT2D eigenvalue weighted by molar-refractivity contribution is 5.96. The van der Waals surface area contributed by atoms with E-state index >= 15 is 0 Å². The number of likely N-dealkylation sites (N-methyl/N-ethyl adjacent to an activating group) is 1. The topological polar surface area (TPSA) is 67.6 Å². The average Bonchev–Trinajstić information content (AvgIpc) is 3.06. The van der Waals surface area contributed by atoms with Crippen LogP contribution in [0.2, 0.25) is 0 Å². The van der Waals surface area contributed by atoms with Crippen LogP contribution in [0.4, 0.5) is 0 Å². The molecule has 1 aromatic carbocycles. The lowest BCUT2D eigenvalue weighted by Crippen LogP contribution is -2.38. The van der Waals surface area contributed by atoms with Crippen molar-refractivity contribution < 1.29 is 14.1 Å². The van der Waals surface area contributed by atoms with Crippen LogP contribution >= 0.6 is 0 Å². The van der Waals surface area contributed by atoms with Crippen molar-refractivity contribution in [3.63, 3.8) is 0 Å². The number of nitrogens with one attached hydrogen (secondary N) is 1. The minimum absolute atomic E-state index is 0.0571. The number of rotatable bonds is 9. The van der Waals surface area contributed by atoms with E-state index in [2.05, 4.69) is 35.3 Å². The van der Waals surface area contributed by atoms with Crippen molar-refractivity contribution in [3.8, 4) is 5.75 Å². The predicted octanol–water partition coefficient (Wildman–Crippen LogP) is 3.93. The van der Waals surface area contributed by atoms with Crippen molar-refractivity contribution in [2.24, 2.45) is 0 Å². The molecule has 0 bridgehead atoms. The highest BCUT2D eigenvalue weighted by Crippen LogP contribution is 2.25. The Kier molecular flexibility index (Phi) is 7.42. The van der Waals surface area contributed by atoms with Crippen LogP contribution in [0.1, 0.15) is 67.0 Å². The van der Waals surface area contributed by atoms with Crippen molar-refractivity contribution in [2.45, 2.75) is 46.6 Å². The summed E-state index contributed by atoms with van der Waals surface area (Å²) in [7, 11) is 1.66. The molecule has 0 aliphatic heterocycles. The Morgan fingerprint density at radius 3 is 2.59 bits per heavy atom. The molecule has 2 rings (SSSR count). The summed E-state index contributed by atoms with van der Waals surface area (Å²) in [6, 6.07) is 8.06. The first-order valence-electron chi connectivity index (χ1n) is 9.55. The number of nitrogens with zero attached hydrogens (tertiary/aromatic N) is 2. The predicted molar refractivity (Wildman–Crippen MR) is 106 cm³/mol. The molecule has 6 heteroatoms. The van der Waals surface area contributed by atoms with Gasteiger partial charge in [0.05, 0.1) is 18.8 Å². The summed E-state index contributed by atoms with van der Waals surface area (Å²) in [6.45, 7) is 12.3. The van der Waals surface area contributed by atoms with Crippen LogP contribution in [0.3, 0.4) is 0 Å². The summed E-state index contributed by atoms with van der Waals surface area (Å²) in [5.41, 5.74) is 2.29. The molecule has 0 fully saturated rings. The average molecular weight is 373 g/mol. The molecule has 1 unspecified atom stereocenters. The molecule has 1 aromatic heterocycles. The fourth-order valence-corrected chi connectivity index (χ4v) is 3.31. The lowest BCUT2D eigenvalue weighted by atomic mass is 10.0. The highest BCUT2D eigenvalue weighted by Gasteiger charge is 2.25. The largest absolute Gasteiger partial charge is 0.497 e. The number of aromatic nitrogens is 1. The van der Waals surface area contributed by atoms with Gasteiger partial charge < -0.3 is 14.6 Å². The molecule has 1 atom stereocenters. The van der Waals surface area contributed by atoms with E-state index in [9.17, 15) is 4.79 Å². The van der Waals surface area contributed by atoms with Crippen molar-refractivity contribution in [2.75, 3.05) is 26.7 Å². The molecule has 0 aliphatic rings. The summed E-state index contributed by atoms with van der Waals surface area (Å²) in [5.74, 6) is 1.40. The summed E-state index contributed by atoms with van der Waals surface area (Å²) < 4.78 is 10.7. The minimum Gasteiger partial charge on any atom is -0.497 e. The van der Waals surface area contributed by atoms with E-state index < -0.39 is 0 Å². The molecule has 0 saturated carbocycles. The summed E-state index contributed by atoms with van der Waals surface area (Å²) in [5, 5.41) is 7.06. The van der Waals surface area contributed by atoms with E-state index in [4.69, 9.17) is 9.26 Å². The van der Waals surface area contributed by atoms with Gasteiger partial charge in [0.1, 0.15) is 11.3 Å². The SMILES string of the molecule is CCN(CC)C(CNC(=O)c1c(C)noc1C(C)C)c1cccc(OC)c1. The maximum Gasteiger partial charge on any atom is 0.256 e. The first-order chi connectivity index (χ1) is 12.9. The van der Waals surface area contributed by atoms with Gasteiger partial charge in [0.15, 0.2) is 5.76 Å². The van der Waals surface area contributed by atoms with Crippen molar-refractivity contribution in [1.82, 2.24) is 15.4 Å². The van der Waals surface area contributed by atoms with E-state index in [0.717, 1.165) is 24.4 Å². The van der Waals surface area contributed by atoms with Gasteiger partial charge >= 0.3 is 0 Å². The molecular weight excluding hydrogens is 342 g/mol. The van der Waals surface area contributed by atoms with Gasteiger partial charge in [-0.2, -0.15) is 0 Å². The fourth-order valence-electron chi connectivity index (χ4n) is 3.31. The van der Waals surface area contributed by atoms with E-state index in [1.807, 2.05) is 32.0 Å². The quantitative estimate of drug-likeness (QED) is 0.721. The number of ether oxygens (including phenoxy) is 1. The highest BCUT2D eigenvalue weighted by atomic mass is 16.5. The minimum atomic E-state index is -0.141. The fraction of sp³-hybridized carbons (Fsp3) is 0.524. The van der Waals surface area contributed by atoms with Crippen LogP contribution in [0.15, 0.2) is 28.8 Å². The molecule has 2 aromatic rings. The zero-order chi connectivity index (χ0) is 20.0. The van der Waals surface area contributed by atoms with Gasteiger partial charge in [0.25, 0.3) is 5.91 Å². The molecule has 0 radical (unpaired) electrons. The Morgan fingerprint density at radius 2 is 2.00 bits per heavy atom. The van der Waals surface area contributed by atoms with Crippen LogP contribution in [0.25, 0.3) is 0 Å². The standard InChI is InChI=1S/C21H31N3O3/c1-7-24(8-2)18(16-10-9-11-17(12-16)26-6)13-22-21(25)19-15(5)23-27-20(19)14(3)4/h9-12,14,18H,7-8,13H2,1-6H3,(H,22,25). The number of aryl methyl sites for hydroxylation is 1. The van der Waals surface area contributed by atoms with Crippen LogP contribution in [-0.2, 0) is 0 Å². The smallest absolute Gasteiger partial charge is 0.256 e. The van der Waals surface area contributed by atoms with Gasteiger partial charge in [0, 0.05) is 12.5 Å². The van der Waals surface area contributed by atoms with Gasteiger partial charge in [-0.3, -0.25) is 9.69 Å². The molecular formula is C21H31N3O3. The Morgan fingerprint density at radius 1 is 1.30 bits per heavy atom. The number of methoxy groups -OCH3 is 1. The number of amides is 1. The molecule has 27 heavy (non-hydrogen) atoms. The number of benzene rings is 1. The van der Waals surface area contributed by atoms with Gasteiger partial charge in [0.2, 0.25) is 0 Å². The number of hydrogen-bond donors (Lipinski definition) is 1. The molecule has 6 nitrogen and oxygen atoms in total. The lowest BCUT2D eigenvalue weighted by Gasteiger charge is -2.30. The number of carbonyl (C=O) groups excluding carboxylic acids is 1. The summed E-state index contributed by atoms with van der Waals surface area (Å²) in [6.07, 6.45) is 0. The summed E-state index contributed by atoms with van der Waals surface area (Å²) in [4.78, 5) is 15.2. The van der Waals surface area contributed by atoms with Gasteiger partial charge in [-0.1, -0.05) is 45.0 Å². The van der Waals surface area contributed by atoms with Gasteiger partial charge in [-0.25, -0.2) is 0 Å². The lowest BCUT2D eigenvalue weighted by molar-refractivity contribution is 0.0932. The van der Waals surface area contributed by atoms with Crippen molar-refractivity contribution in [1.29, 1.82) is 0 Å². The monoisotopic (exact) mass is 373 g/mol. The second kappa shape index (κ2) is 9.55. The number of hydrogen-bond acceptors (Lipinski definition) is 5. The first-order valence-corrected chi connectivity index (χ1v) is 9.55. The zero-order valence-electron chi connectivity index (χ0n) is 17.2. The maximum absolute atomic E-state index is 12.9. The third-order valence-corrected chi connectivity index (χ3v) is 4.83. The van der Waals surface area contributed by atoms with E-state index in [-0.39, 0.29) is 17.9 Å². The Balaban J connectivity index is 2.23. The van der Waals surface area contributed by atoms with E-state index in [1.165, 1.54) is 0 Å². The Hall–Kier alpha value is -2.34. The first kappa shape index (κ1) is 21.0.